The van der Waals surface area contributed by atoms with E-state index in [1.54, 1.807) is 20.8 Å². The molecule has 0 saturated carbocycles. The molecular weight excluding hydrogens is 240 g/mol. The van der Waals surface area contributed by atoms with E-state index in [2.05, 4.69) is 0 Å². The molecule has 4 unspecified atom stereocenters. The second-order valence-corrected chi connectivity index (χ2v) is 5.99. The van der Waals surface area contributed by atoms with E-state index < -0.39 is 35.3 Å². The molecule has 1 N–H and O–H groups in total. The Kier molecular flexibility index (Phi) is 1.67. The molecule has 3 saturated heterocycles. The highest BCUT2D eigenvalue weighted by Gasteiger charge is 2.79. The van der Waals surface area contributed by atoms with Gasteiger partial charge in [0, 0.05) is 5.57 Å². The molecule has 6 nitrogen and oxygen atoms in total. The van der Waals surface area contributed by atoms with Crippen molar-refractivity contribution in [2.24, 2.45) is 0 Å². The van der Waals surface area contributed by atoms with Gasteiger partial charge in [-0.15, -0.1) is 0 Å². The molecule has 98 valence electrons. The maximum atomic E-state index is 11.9. The molecule has 18 heavy (non-hydrogen) atoms. The van der Waals surface area contributed by atoms with E-state index in [9.17, 15) is 9.90 Å². The van der Waals surface area contributed by atoms with E-state index in [0.717, 1.165) is 0 Å². The molecule has 0 amide bonds. The summed E-state index contributed by atoms with van der Waals surface area (Å²) >= 11 is 0. The molecule has 5 atom stereocenters. The zero-order valence-electron chi connectivity index (χ0n) is 10.3. The molecular formula is C12H14O6. The largest absolute Gasteiger partial charge is 0.386 e. The van der Waals surface area contributed by atoms with Crippen molar-refractivity contribution in [3.63, 3.8) is 0 Å². The number of epoxide rings is 1. The number of ether oxygens (including phenoxy) is 2. The molecule has 0 aromatic rings. The molecule has 3 heterocycles. The van der Waals surface area contributed by atoms with E-state index in [1.807, 2.05) is 0 Å². The number of carbonyl (C=O) groups excluding carboxylic acids is 1. The highest BCUT2D eigenvalue weighted by molar-refractivity contribution is 6.02. The number of carbonyl (C=O) groups is 1. The first-order chi connectivity index (χ1) is 8.31. The van der Waals surface area contributed by atoms with Gasteiger partial charge in [0.1, 0.15) is 17.8 Å². The summed E-state index contributed by atoms with van der Waals surface area (Å²) in [6.07, 6.45) is -0.663. The van der Waals surface area contributed by atoms with Gasteiger partial charge in [-0.25, -0.2) is 4.89 Å². The zero-order chi connectivity index (χ0) is 12.9. The molecule has 1 aliphatic carbocycles. The van der Waals surface area contributed by atoms with Gasteiger partial charge < -0.3 is 14.6 Å². The quantitative estimate of drug-likeness (QED) is 0.478. The summed E-state index contributed by atoms with van der Waals surface area (Å²) < 4.78 is 11.3. The van der Waals surface area contributed by atoms with Crippen molar-refractivity contribution in [1.82, 2.24) is 0 Å². The van der Waals surface area contributed by atoms with Crippen molar-refractivity contribution < 1.29 is 29.1 Å². The average molecular weight is 254 g/mol. The van der Waals surface area contributed by atoms with Crippen LogP contribution in [0.4, 0.5) is 0 Å². The second-order valence-electron chi connectivity index (χ2n) is 5.99. The number of hydrogen-bond donors (Lipinski definition) is 1. The van der Waals surface area contributed by atoms with Gasteiger partial charge in [-0.2, -0.15) is 4.89 Å². The summed E-state index contributed by atoms with van der Waals surface area (Å²) in [5.74, 6) is -1.42. The summed E-state index contributed by atoms with van der Waals surface area (Å²) in [7, 11) is 0. The molecule has 3 fully saturated rings. The van der Waals surface area contributed by atoms with Crippen molar-refractivity contribution in [2.45, 2.75) is 56.1 Å². The lowest BCUT2D eigenvalue weighted by Gasteiger charge is -2.40. The molecule has 2 bridgehead atoms. The maximum absolute atomic E-state index is 11.9. The van der Waals surface area contributed by atoms with Crippen molar-refractivity contribution in [3.8, 4) is 0 Å². The van der Waals surface area contributed by atoms with Crippen LogP contribution in [0, 0.1) is 0 Å². The summed E-state index contributed by atoms with van der Waals surface area (Å²) in [6.45, 7) is 5.22. The molecule has 0 aromatic carbocycles. The van der Waals surface area contributed by atoms with Crippen LogP contribution in [0.1, 0.15) is 20.8 Å². The predicted octanol–water partition coefficient (Wildman–Crippen LogP) is -0.151. The second kappa shape index (κ2) is 2.71. The van der Waals surface area contributed by atoms with Crippen LogP contribution in [0.25, 0.3) is 0 Å². The van der Waals surface area contributed by atoms with Crippen LogP contribution >= 0.6 is 0 Å². The highest BCUT2D eigenvalue weighted by atomic mass is 17.3. The van der Waals surface area contributed by atoms with Crippen molar-refractivity contribution in [3.05, 3.63) is 11.6 Å². The van der Waals surface area contributed by atoms with Gasteiger partial charge in [0.2, 0.25) is 0 Å². The summed E-state index contributed by atoms with van der Waals surface area (Å²) in [6, 6.07) is 0. The minimum Gasteiger partial charge on any atom is -0.386 e. The summed E-state index contributed by atoms with van der Waals surface area (Å²) in [5.41, 5.74) is -1.29. The average Bonchev–Trinajstić information content (AvgIpc) is 2.94. The number of aliphatic hydroxyl groups is 1. The van der Waals surface area contributed by atoms with Crippen molar-refractivity contribution >= 4 is 5.78 Å². The minimum atomic E-state index is -1.26. The third-order valence-electron chi connectivity index (χ3n) is 4.30. The molecule has 0 aromatic heterocycles. The molecule has 4 aliphatic rings. The third-order valence-corrected chi connectivity index (χ3v) is 4.30. The van der Waals surface area contributed by atoms with Gasteiger partial charge in [-0.05, 0) is 26.8 Å². The van der Waals surface area contributed by atoms with Gasteiger partial charge in [-0.1, -0.05) is 0 Å². The topological polar surface area (TPSA) is 77.5 Å². The predicted molar refractivity (Wildman–Crippen MR) is 56.2 cm³/mol. The number of rotatable bonds is 0. The zero-order valence-corrected chi connectivity index (χ0v) is 10.3. The fourth-order valence-corrected chi connectivity index (χ4v) is 3.06. The first kappa shape index (κ1) is 11.1. The monoisotopic (exact) mass is 254 g/mol. The lowest BCUT2D eigenvalue weighted by Crippen LogP contribution is -2.55. The number of hydrogen-bond acceptors (Lipinski definition) is 6. The highest BCUT2D eigenvalue weighted by Crippen LogP contribution is 2.60. The Labute approximate surface area is 103 Å². The molecule has 3 aliphatic heterocycles. The Morgan fingerprint density at radius 2 is 1.94 bits per heavy atom. The lowest BCUT2D eigenvalue weighted by atomic mass is 9.83. The SMILES string of the molecule is CC1(C)OOC23OC1[C@H](O)C2=CC(=O)C1(C)OC13. The maximum Gasteiger partial charge on any atom is 0.257 e. The molecule has 4 rings (SSSR count). The van der Waals surface area contributed by atoms with Gasteiger partial charge in [0.25, 0.3) is 5.79 Å². The van der Waals surface area contributed by atoms with E-state index in [-0.39, 0.29) is 5.78 Å². The first-order valence-electron chi connectivity index (χ1n) is 5.98. The molecule has 1 spiro atoms. The van der Waals surface area contributed by atoms with Gasteiger partial charge in [0.05, 0.1) is 0 Å². The Morgan fingerprint density at radius 1 is 1.22 bits per heavy atom. The summed E-state index contributed by atoms with van der Waals surface area (Å²) in [4.78, 5) is 22.7. The van der Waals surface area contributed by atoms with Crippen molar-refractivity contribution in [2.75, 3.05) is 0 Å². The Hall–Kier alpha value is -0.790. The Balaban J connectivity index is 1.87. The van der Waals surface area contributed by atoms with Gasteiger partial charge in [0.15, 0.2) is 17.5 Å². The van der Waals surface area contributed by atoms with Gasteiger partial charge in [-0.3, -0.25) is 4.79 Å². The van der Waals surface area contributed by atoms with Crippen LogP contribution in [0.2, 0.25) is 0 Å². The first-order valence-corrected chi connectivity index (χ1v) is 5.98. The normalized spacial score (nSPS) is 55.7. The number of fused-ring (bicyclic) bond motifs is 2. The lowest BCUT2D eigenvalue weighted by molar-refractivity contribution is -0.502. The number of aliphatic hydroxyl groups excluding tert-OH is 1. The van der Waals surface area contributed by atoms with Crippen LogP contribution in [0.15, 0.2) is 11.6 Å². The number of ketones is 1. The fourth-order valence-electron chi connectivity index (χ4n) is 3.06. The fraction of sp³-hybridized carbons (Fsp3) is 0.750. The van der Waals surface area contributed by atoms with E-state index >= 15 is 0 Å². The van der Waals surface area contributed by atoms with E-state index in [4.69, 9.17) is 19.2 Å². The summed E-state index contributed by atoms with van der Waals surface area (Å²) in [5, 5.41) is 10.3. The standard InChI is InChI=1S/C12H14O6/c1-10(2)8-7(14)5-4-6(13)11(3)9(16-11)12(5,15-8)18-17-10/h4,7-9,14H,1-3H3/t7-,8?,9?,11?,12?/m1/s1. The van der Waals surface area contributed by atoms with E-state index in [1.165, 1.54) is 6.08 Å². The van der Waals surface area contributed by atoms with Crippen LogP contribution in [-0.4, -0.2) is 46.2 Å². The Morgan fingerprint density at radius 3 is 2.67 bits per heavy atom. The molecule has 6 heteroatoms. The van der Waals surface area contributed by atoms with Crippen LogP contribution < -0.4 is 0 Å². The van der Waals surface area contributed by atoms with Crippen LogP contribution in [-0.2, 0) is 24.0 Å². The van der Waals surface area contributed by atoms with Gasteiger partial charge >= 0.3 is 0 Å². The molecule has 0 radical (unpaired) electrons. The minimum absolute atomic E-state index is 0.162. The van der Waals surface area contributed by atoms with Crippen LogP contribution in [0.5, 0.6) is 0 Å². The Bertz CT molecular complexity index is 497. The smallest absolute Gasteiger partial charge is 0.257 e. The third kappa shape index (κ3) is 0.972. The van der Waals surface area contributed by atoms with Crippen LogP contribution in [0.3, 0.4) is 0 Å². The van der Waals surface area contributed by atoms with Crippen molar-refractivity contribution in [1.29, 1.82) is 0 Å². The van der Waals surface area contributed by atoms with E-state index in [0.29, 0.717) is 5.57 Å².